The summed E-state index contributed by atoms with van der Waals surface area (Å²) < 4.78 is 21.1. The number of hydrogen-bond donors (Lipinski definition) is 1. The van der Waals surface area contributed by atoms with Crippen molar-refractivity contribution in [1.82, 2.24) is 10.2 Å². The normalized spacial score (nSPS) is 16.1. The molecule has 2 amide bonds. The average Bonchev–Trinajstić information content (AvgIpc) is 3.52. The van der Waals surface area contributed by atoms with Gasteiger partial charge in [0.1, 0.15) is 24.1 Å². The van der Waals surface area contributed by atoms with Crippen LogP contribution >= 0.6 is 11.8 Å². The molecule has 0 unspecified atom stereocenters. The number of benzene rings is 3. The van der Waals surface area contributed by atoms with E-state index >= 15 is 0 Å². The first-order valence-corrected chi connectivity index (χ1v) is 16.1. The number of nitrogens with one attached hydrogen (secondary N) is 1. The molecule has 1 fully saturated rings. The van der Waals surface area contributed by atoms with Gasteiger partial charge in [-0.3, -0.25) is 14.4 Å². The highest BCUT2D eigenvalue weighted by Gasteiger charge is 2.43. The lowest BCUT2D eigenvalue weighted by molar-refractivity contribution is -0.154. The molecule has 3 atom stereocenters. The number of methoxy groups -OCH3 is 1. The molecule has 0 saturated carbocycles. The Hall–Kier alpha value is -4.84. The maximum absolute atomic E-state index is 13.6. The zero-order valence-electron chi connectivity index (χ0n) is 26.5. The highest BCUT2D eigenvalue weighted by atomic mass is 32.2. The van der Waals surface area contributed by atoms with Gasteiger partial charge in [-0.2, -0.15) is 0 Å². The van der Waals surface area contributed by atoms with E-state index in [0.29, 0.717) is 24.2 Å². The molecule has 11 nitrogen and oxygen atoms in total. The number of nitrogens with zero attached hydrogens (tertiary/aromatic N) is 1. The summed E-state index contributed by atoms with van der Waals surface area (Å²) in [4.78, 5) is 65.4. The van der Waals surface area contributed by atoms with E-state index in [1.54, 1.807) is 37.3 Å². The van der Waals surface area contributed by atoms with Crippen molar-refractivity contribution in [1.29, 1.82) is 0 Å². The number of likely N-dealkylation sites (tertiary alicyclic amines) is 1. The molecule has 0 bridgehead atoms. The second kappa shape index (κ2) is 17.2. The van der Waals surface area contributed by atoms with E-state index in [2.05, 4.69) is 5.32 Å². The van der Waals surface area contributed by atoms with Gasteiger partial charge >= 0.3 is 12.1 Å². The minimum absolute atomic E-state index is 0.0711. The molecule has 1 heterocycles. The molecule has 0 spiro atoms. The number of thioether (sulfide) groups is 1. The van der Waals surface area contributed by atoms with Gasteiger partial charge in [0.15, 0.2) is 5.12 Å². The maximum atomic E-state index is 13.6. The van der Waals surface area contributed by atoms with Crippen LogP contribution in [0.25, 0.3) is 0 Å². The Morgan fingerprint density at radius 3 is 2.28 bits per heavy atom. The summed E-state index contributed by atoms with van der Waals surface area (Å²) in [6.45, 7) is 2.92. The molecule has 248 valence electrons. The lowest BCUT2D eigenvalue weighted by atomic mass is 10.0. The summed E-state index contributed by atoms with van der Waals surface area (Å²) in [5.74, 6) is -0.640. The van der Waals surface area contributed by atoms with Crippen LogP contribution in [0.1, 0.15) is 49.4 Å². The van der Waals surface area contributed by atoms with Gasteiger partial charge in [-0.25, -0.2) is 9.59 Å². The van der Waals surface area contributed by atoms with Crippen molar-refractivity contribution in [2.45, 2.75) is 57.1 Å². The summed E-state index contributed by atoms with van der Waals surface area (Å²) in [5.41, 5.74) is 2.28. The van der Waals surface area contributed by atoms with E-state index in [1.165, 1.54) is 18.9 Å². The van der Waals surface area contributed by atoms with Crippen LogP contribution in [0.15, 0.2) is 78.9 Å². The molecule has 0 aliphatic carbocycles. The van der Waals surface area contributed by atoms with Gasteiger partial charge in [0.05, 0.1) is 31.6 Å². The molecule has 0 radical (unpaired) electrons. The van der Waals surface area contributed by atoms with Crippen LogP contribution in [0.2, 0.25) is 0 Å². The lowest BCUT2D eigenvalue weighted by Gasteiger charge is -2.30. The van der Waals surface area contributed by atoms with Crippen molar-refractivity contribution in [2.24, 2.45) is 0 Å². The predicted octanol–water partition coefficient (Wildman–Crippen LogP) is 5.01. The molecule has 1 N–H and O–H groups in total. The number of rotatable bonds is 13. The summed E-state index contributed by atoms with van der Waals surface area (Å²) in [5, 5.41) is 1.56. The highest BCUT2D eigenvalue weighted by Crippen LogP contribution is 2.40. The smallest absolute Gasteiger partial charge is 0.496 e. The first-order chi connectivity index (χ1) is 22.7. The van der Waals surface area contributed by atoms with Gasteiger partial charge in [-0.15, -0.1) is 0 Å². The van der Waals surface area contributed by atoms with Crippen LogP contribution in [0.3, 0.4) is 0 Å². The van der Waals surface area contributed by atoms with E-state index in [-0.39, 0.29) is 37.0 Å². The minimum Gasteiger partial charge on any atom is -0.496 e. The van der Waals surface area contributed by atoms with E-state index in [1.807, 2.05) is 48.5 Å². The number of carbonyl (C=O) groups excluding carboxylic acids is 5. The maximum Gasteiger partial charge on any atom is 0.514 e. The lowest BCUT2D eigenvalue weighted by Crippen LogP contribution is -2.48. The van der Waals surface area contributed by atoms with Gasteiger partial charge in [-0.1, -0.05) is 72.4 Å². The van der Waals surface area contributed by atoms with Gasteiger partial charge in [-0.05, 0) is 55.5 Å². The van der Waals surface area contributed by atoms with E-state index < -0.39 is 41.3 Å². The Bertz CT molecular complexity index is 1550. The third kappa shape index (κ3) is 9.82. The predicted molar refractivity (Wildman–Crippen MR) is 175 cm³/mol. The molecule has 1 aliphatic heterocycles. The van der Waals surface area contributed by atoms with Crippen LogP contribution in [-0.4, -0.2) is 65.5 Å². The first kappa shape index (κ1) is 35.0. The third-order valence-corrected chi connectivity index (χ3v) is 8.49. The second-order valence-electron chi connectivity index (χ2n) is 10.7. The number of para-hydroxylation sites is 1. The van der Waals surface area contributed by atoms with Gasteiger partial charge in [0.2, 0.25) is 11.8 Å². The quantitative estimate of drug-likeness (QED) is 0.196. The minimum atomic E-state index is -0.855. The Morgan fingerprint density at radius 1 is 0.894 bits per heavy atom. The molecular formula is C35H38N2O9S. The standard InChI is InChI=1S/C35H38N2O9S/c1-4-44-34(41)29-19-18-28(27-12-8-9-13-30(27)43-3)37(29)32(39)21-36-33(40)31(47-23(2)38)20-24-14-16-26(17-15-24)46-35(42)45-22-25-10-6-5-7-11-25/h5-17,28-29,31H,4,18-22H2,1-3H3,(H,36,40)/t28-,29+,31+/m1/s1. The van der Waals surface area contributed by atoms with Crippen molar-refractivity contribution >= 4 is 40.8 Å². The summed E-state index contributed by atoms with van der Waals surface area (Å²) in [6, 6.07) is 21.7. The van der Waals surface area contributed by atoms with Crippen LogP contribution in [-0.2, 0) is 41.7 Å². The van der Waals surface area contributed by atoms with Crippen molar-refractivity contribution in [2.75, 3.05) is 20.3 Å². The Kier molecular flexibility index (Phi) is 12.8. The van der Waals surface area contributed by atoms with E-state index in [0.717, 1.165) is 22.9 Å². The molecular weight excluding hydrogens is 624 g/mol. The number of amides is 2. The van der Waals surface area contributed by atoms with Crippen LogP contribution in [0, 0.1) is 0 Å². The molecule has 1 aliphatic rings. The number of hydrogen-bond acceptors (Lipinski definition) is 10. The number of esters is 1. The third-order valence-electron chi connectivity index (χ3n) is 7.49. The summed E-state index contributed by atoms with van der Waals surface area (Å²) in [7, 11) is 1.54. The monoisotopic (exact) mass is 662 g/mol. The molecule has 0 aromatic heterocycles. The van der Waals surface area contributed by atoms with Crippen LogP contribution < -0.4 is 14.8 Å². The Labute approximate surface area is 277 Å². The largest absolute Gasteiger partial charge is 0.514 e. The second-order valence-corrected chi connectivity index (χ2v) is 12.1. The average molecular weight is 663 g/mol. The zero-order valence-corrected chi connectivity index (χ0v) is 27.3. The van der Waals surface area contributed by atoms with Gasteiger partial charge in [0, 0.05) is 12.5 Å². The topological polar surface area (TPSA) is 138 Å². The highest BCUT2D eigenvalue weighted by molar-refractivity contribution is 8.14. The van der Waals surface area contributed by atoms with Crippen LogP contribution in [0.5, 0.6) is 11.5 Å². The fraction of sp³-hybridized carbons (Fsp3) is 0.343. The number of ether oxygens (including phenoxy) is 4. The summed E-state index contributed by atoms with van der Waals surface area (Å²) >= 11 is 0.848. The van der Waals surface area contributed by atoms with E-state index in [4.69, 9.17) is 18.9 Å². The van der Waals surface area contributed by atoms with Gasteiger partial charge < -0.3 is 29.2 Å². The fourth-order valence-electron chi connectivity index (χ4n) is 5.38. The van der Waals surface area contributed by atoms with Crippen molar-refractivity contribution < 1.29 is 42.9 Å². The molecule has 12 heteroatoms. The molecule has 3 aromatic carbocycles. The molecule has 3 aromatic rings. The van der Waals surface area contributed by atoms with Crippen LogP contribution in [0.4, 0.5) is 4.79 Å². The molecule has 4 rings (SSSR count). The van der Waals surface area contributed by atoms with Crippen molar-refractivity contribution in [3.05, 3.63) is 95.6 Å². The van der Waals surface area contributed by atoms with Crippen molar-refractivity contribution in [3.63, 3.8) is 0 Å². The van der Waals surface area contributed by atoms with Gasteiger partial charge in [0.25, 0.3) is 0 Å². The Balaban J connectivity index is 1.39. The zero-order chi connectivity index (χ0) is 33.8. The fourth-order valence-corrected chi connectivity index (χ4v) is 6.25. The van der Waals surface area contributed by atoms with E-state index in [9.17, 15) is 24.0 Å². The first-order valence-electron chi connectivity index (χ1n) is 15.2. The SMILES string of the molecule is CCOC(=O)[C@@H]1CC[C@H](c2ccccc2OC)N1C(=O)CNC(=O)[C@H](Cc1ccc(OC(=O)OCc2ccccc2)cc1)SC(C)=O. The Morgan fingerprint density at radius 2 is 1.60 bits per heavy atom. The van der Waals surface area contributed by atoms with Crippen molar-refractivity contribution in [3.8, 4) is 11.5 Å². The summed E-state index contributed by atoms with van der Waals surface area (Å²) in [6.07, 6.45) is 0.222. The number of carbonyl (C=O) groups is 5. The molecule has 1 saturated heterocycles. The molecule has 47 heavy (non-hydrogen) atoms.